The molecule has 1 aliphatic rings. The van der Waals surface area contributed by atoms with Crippen LogP contribution in [0.1, 0.15) is 16.1 Å². The summed E-state index contributed by atoms with van der Waals surface area (Å²) < 4.78 is 5.27. The predicted octanol–water partition coefficient (Wildman–Crippen LogP) is 1.39. The van der Waals surface area contributed by atoms with E-state index < -0.39 is 0 Å². The first-order chi connectivity index (χ1) is 12.1. The summed E-state index contributed by atoms with van der Waals surface area (Å²) in [6.45, 7) is 2.89. The Balaban J connectivity index is 1.64. The molecule has 7 nitrogen and oxygen atoms in total. The molecule has 0 unspecified atom stereocenters. The van der Waals surface area contributed by atoms with E-state index in [2.05, 4.69) is 26.3 Å². The minimum absolute atomic E-state index is 0.198. The number of benzene rings is 1. The summed E-state index contributed by atoms with van der Waals surface area (Å²) in [5.74, 6) is -0.297. The fourth-order valence-corrected chi connectivity index (χ4v) is 3.10. The maximum atomic E-state index is 12.5. The lowest BCUT2D eigenvalue weighted by Gasteiger charge is -2.14. The van der Waals surface area contributed by atoms with Gasteiger partial charge in [0.25, 0.3) is 5.91 Å². The number of aryl methyl sites for hydroxylation is 1. The van der Waals surface area contributed by atoms with E-state index in [9.17, 15) is 4.79 Å². The minimum atomic E-state index is -0.297. The molecule has 0 saturated carbocycles. The van der Waals surface area contributed by atoms with Gasteiger partial charge in [-0.3, -0.25) is 9.78 Å². The van der Waals surface area contributed by atoms with Gasteiger partial charge in [0.1, 0.15) is 11.4 Å². The van der Waals surface area contributed by atoms with Crippen LogP contribution in [-0.2, 0) is 4.74 Å². The SMILES string of the molecule is Cc1c(-c2cncc(C(=O)N[C@H]3COC[C@H]3N)n2)[nH]c2ccccc12. The van der Waals surface area contributed by atoms with Crippen LogP contribution in [0.2, 0.25) is 0 Å². The molecule has 4 rings (SSSR count). The van der Waals surface area contributed by atoms with Crippen molar-refractivity contribution in [1.29, 1.82) is 0 Å². The molecule has 0 aliphatic carbocycles. The van der Waals surface area contributed by atoms with E-state index >= 15 is 0 Å². The lowest BCUT2D eigenvalue weighted by Crippen LogP contribution is -2.46. The Morgan fingerprint density at radius 2 is 2.16 bits per heavy atom. The quantitative estimate of drug-likeness (QED) is 0.670. The van der Waals surface area contributed by atoms with E-state index in [1.54, 1.807) is 6.20 Å². The number of rotatable bonds is 3. The van der Waals surface area contributed by atoms with Gasteiger partial charge in [-0.1, -0.05) is 18.2 Å². The third-order valence-electron chi connectivity index (χ3n) is 4.53. The first-order valence-corrected chi connectivity index (χ1v) is 8.17. The van der Waals surface area contributed by atoms with E-state index in [1.165, 1.54) is 6.20 Å². The van der Waals surface area contributed by atoms with Gasteiger partial charge in [-0.25, -0.2) is 4.98 Å². The monoisotopic (exact) mass is 337 g/mol. The van der Waals surface area contributed by atoms with Crippen molar-refractivity contribution in [3.05, 3.63) is 47.9 Å². The van der Waals surface area contributed by atoms with E-state index in [0.717, 1.165) is 22.2 Å². The van der Waals surface area contributed by atoms with Crippen LogP contribution in [0.5, 0.6) is 0 Å². The van der Waals surface area contributed by atoms with Gasteiger partial charge in [0, 0.05) is 10.9 Å². The lowest BCUT2D eigenvalue weighted by atomic mass is 10.1. The van der Waals surface area contributed by atoms with Gasteiger partial charge in [0.2, 0.25) is 0 Å². The highest BCUT2D eigenvalue weighted by Gasteiger charge is 2.27. The summed E-state index contributed by atoms with van der Waals surface area (Å²) in [5, 5.41) is 3.99. The zero-order valence-electron chi connectivity index (χ0n) is 13.8. The molecular formula is C18H19N5O2. The van der Waals surface area contributed by atoms with Crippen molar-refractivity contribution in [2.75, 3.05) is 13.2 Å². The van der Waals surface area contributed by atoms with Crippen LogP contribution >= 0.6 is 0 Å². The molecule has 3 heterocycles. The van der Waals surface area contributed by atoms with Crippen molar-refractivity contribution in [1.82, 2.24) is 20.3 Å². The van der Waals surface area contributed by atoms with Crippen molar-refractivity contribution >= 4 is 16.8 Å². The van der Waals surface area contributed by atoms with Crippen molar-refractivity contribution in [2.45, 2.75) is 19.0 Å². The number of nitrogens with one attached hydrogen (secondary N) is 2. The molecule has 2 aromatic heterocycles. The van der Waals surface area contributed by atoms with Gasteiger partial charge in [0.15, 0.2) is 0 Å². The number of hydrogen-bond acceptors (Lipinski definition) is 5. The third kappa shape index (κ3) is 2.88. The molecule has 0 spiro atoms. The number of ether oxygens (including phenoxy) is 1. The van der Waals surface area contributed by atoms with Gasteiger partial charge >= 0.3 is 0 Å². The summed E-state index contributed by atoms with van der Waals surface area (Å²) in [4.78, 5) is 24.5. The molecule has 1 saturated heterocycles. The summed E-state index contributed by atoms with van der Waals surface area (Å²) >= 11 is 0. The van der Waals surface area contributed by atoms with Crippen molar-refractivity contribution < 1.29 is 9.53 Å². The number of carbonyl (C=O) groups is 1. The van der Waals surface area contributed by atoms with Gasteiger partial charge in [-0.15, -0.1) is 0 Å². The number of H-pyrrole nitrogens is 1. The van der Waals surface area contributed by atoms with E-state index in [0.29, 0.717) is 18.9 Å². The fourth-order valence-electron chi connectivity index (χ4n) is 3.10. The van der Waals surface area contributed by atoms with Gasteiger partial charge in [-0.05, 0) is 18.6 Å². The van der Waals surface area contributed by atoms with Gasteiger partial charge in [-0.2, -0.15) is 0 Å². The van der Waals surface area contributed by atoms with Crippen LogP contribution in [0.3, 0.4) is 0 Å². The van der Waals surface area contributed by atoms with Crippen molar-refractivity contribution in [3.63, 3.8) is 0 Å². The topological polar surface area (TPSA) is 106 Å². The summed E-state index contributed by atoms with van der Waals surface area (Å²) in [5.41, 5.74) is 9.77. The molecule has 7 heteroatoms. The molecule has 128 valence electrons. The second-order valence-corrected chi connectivity index (χ2v) is 6.24. The number of amides is 1. The molecule has 0 radical (unpaired) electrons. The average Bonchev–Trinajstić information content (AvgIpc) is 3.19. The Morgan fingerprint density at radius 1 is 1.32 bits per heavy atom. The van der Waals surface area contributed by atoms with E-state index in [4.69, 9.17) is 10.5 Å². The lowest BCUT2D eigenvalue weighted by molar-refractivity contribution is 0.0923. The second-order valence-electron chi connectivity index (χ2n) is 6.24. The van der Waals surface area contributed by atoms with Crippen LogP contribution in [0, 0.1) is 6.92 Å². The van der Waals surface area contributed by atoms with Crippen LogP contribution in [0.15, 0.2) is 36.7 Å². The Morgan fingerprint density at radius 3 is 2.92 bits per heavy atom. The third-order valence-corrected chi connectivity index (χ3v) is 4.53. The first kappa shape index (κ1) is 15.7. The van der Waals surface area contributed by atoms with Gasteiger partial charge < -0.3 is 20.8 Å². The smallest absolute Gasteiger partial charge is 0.271 e. The standard InChI is InChI=1S/C18H19N5O2/c1-10-11-4-2-3-5-13(11)22-17(10)14-6-20-7-15(21-14)18(24)23-16-9-25-8-12(16)19/h2-7,12,16,22H,8-9,19H2,1H3,(H,23,24)/t12-,16+/m1/s1. The molecule has 1 fully saturated rings. The Kier molecular flexibility index (Phi) is 3.95. The first-order valence-electron chi connectivity index (χ1n) is 8.17. The molecule has 1 amide bonds. The fraction of sp³-hybridized carbons (Fsp3) is 0.278. The molecule has 4 N–H and O–H groups in total. The maximum absolute atomic E-state index is 12.5. The highest BCUT2D eigenvalue weighted by molar-refractivity contribution is 5.93. The molecule has 25 heavy (non-hydrogen) atoms. The Hall–Kier alpha value is -2.77. The van der Waals surface area contributed by atoms with Crippen molar-refractivity contribution in [2.24, 2.45) is 5.73 Å². The summed E-state index contributed by atoms with van der Waals surface area (Å²) in [7, 11) is 0. The number of fused-ring (bicyclic) bond motifs is 1. The number of hydrogen-bond donors (Lipinski definition) is 3. The second kappa shape index (κ2) is 6.27. The number of para-hydroxylation sites is 1. The van der Waals surface area contributed by atoms with E-state index in [1.807, 2.05) is 25.1 Å². The summed E-state index contributed by atoms with van der Waals surface area (Å²) in [6, 6.07) is 7.64. The average molecular weight is 337 g/mol. The maximum Gasteiger partial charge on any atom is 0.271 e. The number of aromatic nitrogens is 3. The Labute approximate surface area is 144 Å². The van der Waals surface area contributed by atoms with Crippen molar-refractivity contribution in [3.8, 4) is 11.4 Å². The molecule has 3 aromatic rings. The van der Waals surface area contributed by atoms with Crippen LogP contribution in [0.25, 0.3) is 22.3 Å². The highest BCUT2D eigenvalue weighted by atomic mass is 16.5. The molecular weight excluding hydrogens is 318 g/mol. The molecule has 0 bridgehead atoms. The predicted molar refractivity (Wildman–Crippen MR) is 94.1 cm³/mol. The largest absolute Gasteiger partial charge is 0.378 e. The molecule has 1 aromatic carbocycles. The summed E-state index contributed by atoms with van der Waals surface area (Å²) in [6.07, 6.45) is 3.11. The number of carbonyl (C=O) groups excluding carboxylic acids is 1. The van der Waals surface area contributed by atoms with Crippen LogP contribution in [-0.4, -0.2) is 46.2 Å². The normalized spacial score (nSPS) is 20.1. The zero-order valence-corrected chi connectivity index (χ0v) is 13.8. The van der Waals surface area contributed by atoms with Crippen LogP contribution < -0.4 is 11.1 Å². The Bertz CT molecular complexity index is 936. The number of aromatic amines is 1. The molecule has 1 aliphatic heterocycles. The zero-order chi connectivity index (χ0) is 17.4. The van der Waals surface area contributed by atoms with Gasteiger partial charge in [0.05, 0.1) is 43.4 Å². The molecule has 2 atom stereocenters. The van der Waals surface area contributed by atoms with E-state index in [-0.39, 0.29) is 23.7 Å². The number of nitrogens with two attached hydrogens (primary N) is 1. The number of nitrogens with zero attached hydrogens (tertiary/aromatic N) is 2. The highest BCUT2D eigenvalue weighted by Crippen LogP contribution is 2.28. The van der Waals surface area contributed by atoms with Crippen LogP contribution in [0.4, 0.5) is 0 Å². The minimum Gasteiger partial charge on any atom is -0.378 e.